The summed E-state index contributed by atoms with van der Waals surface area (Å²) in [7, 11) is 0. The van der Waals surface area contributed by atoms with Gasteiger partial charge in [0, 0.05) is 6.61 Å². The molecule has 2 nitrogen and oxygen atoms in total. The Bertz CT molecular complexity index is 379. The van der Waals surface area contributed by atoms with Crippen molar-refractivity contribution in [2.45, 2.75) is 64.1 Å². The number of ether oxygens (including phenoxy) is 1. The number of aliphatic hydroxyl groups excluding tert-OH is 1. The lowest BCUT2D eigenvalue weighted by molar-refractivity contribution is -0.0390. The van der Waals surface area contributed by atoms with E-state index in [-0.39, 0.29) is 6.10 Å². The molecule has 1 saturated carbocycles. The first kappa shape index (κ1) is 14.5. The van der Waals surface area contributed by atoms with Crippen LogP contribution in [-0.4, -0.2) is 17.8 Å². The Morgan fingerprint density at radius 2 is 2.00 bits per heavy atom. The maximum absolute atomic E-state index is 10.7. The van der Waals surface area contributed by atoms with Crippen LogP contribution < -0.4 is 0 Å². The fourth-order valence-electron chi connectivity index (χ4n) is 2.90. The van der Waals surface area contributed by atoms with E-state index in [0.29, 0.717) is 12.5 Å². The van der Waals surface area contributed by atoms with Crippen molar-refractivity contribution in [3.8, 4) is 0 Å². The maximum atomic E-state index is 10.7. The second kappa shape index (κ2) is 7.06. The predicted octanol–water partition coefficient (Wildman–Crippen LogP) is 4.19. The molecule has 0 aliphatic heterocycles. The van der Waals surface area contributed by atoms with Gasteiger partial charge in [-0.3, -0.25) is 0 Å². The average Bonchev–Trinajstić information content (AvgIpc) is 2.36. The number of benzene rings is 1. The molecule has 2 unspecified atom stereocenters. The van der Waals surface area contributed by atoms with Gasteiger partial charge in [-0.2, -0.15) is 0 Å². The van der Waals surface area contributed by atoms with Crippen LogP contribution in [0.5, 0.6) is 0 Å². The van der Waals surface area contributed by atoms with Gasteiger partial charge in [-0.25, -0.2) is 0 Å². The average molecular weight is 262 g/mol. The Labute approximate surface area is 116 Å². The van der Waals surface area contributed by atoms with E-state index in [4.69, 9.17) is 4.74 Å². The van der Waals surface area contributed by atoms with Crippen LogP contribution in [0.1, 0.15) is 69.1 Å². The molecule has 2 atom stereocenters. The van der Waals surface area contributed by atoms with Gasteiger partial charge in [-0.05, 0) is 43.2 Å². The normalized spacial score (nSPS) is 18.9. The summed E-state index contributed by atoms with van der Waals surface area (Å²) in [4.78, 5) is 0. The van der Waals surface area contributed by atoms with Gasteiger partial charge >= 0.3 is 0 Å². The summed E-state index contributed by atoms with van der Waals surface area (Å²) in [5.74, 6) is 0.648. The van der Waals surface area contributed by atoms with Gasteiger partial charge in [-0.15, -0.1) is 0 Å². The molecular weight excluding hydrogens is 236 g/mol. The summed E-state index contributed by atoms with van der Waals surface area (Å²) in [6.45, 7) is 4.79. The molecule has 2 rings (SSSR count). The smallest absolute Gasteiger partial charge is 0.105 e. The topological polar surface area (TPSA) is 29.5 Å². The highest BCUT2D eigenvalue weighted by atomic mass is 16.5. The summed E-state index contributed by atoms with van der Waals surface area (Å²) in [6.07, 6.45) is 5.22. The van der Waals surface area contributed by atoms with Crippen LogP contribution in [0.2, 0.25) is 0 Å². The molecule has 0 saturated heterocycles. The van der Waals surface area contributed by atoms with Crippen LogP contribution in [0.15, 0.2) is 24.3 Å². The van der Waals surface area contributed by atoms with E-state index < -0.39 is 6.10 Å². The summed E-state index contributed by atoms with van der Waals surface area (Å²) in [6, 6.07) is 8.35. The Balaban J connectivity index is 2.18. The lowest BCUT2D eigenvalue weighted by atomic mass is 9.77. The first-order chi connectivity index (χ1) is 9.27. The molecule has 106 valence electrons. The van der Waals surface area contributed by atoms with Crippen LogP contribution in [0.3, 0.4) is 0 Å². The SMILES string of the molecule is CCCC(OCC)C(O)c1ccccc1C1CCC1. The van der Waals surface area contributed by atoms with Gasteiger partial charge < -0.3 is 9.84 Å². The predicted molar refractivity (Wildman–Crippen MR) is 78.3 cm³/mol. The Hall–Kier alpha value is -0.860. The van der Waals surface area contributed by atoms with Crippen molar-refractivity contribution in [1.29, 1.82) is 0 Å². The van der Waals surface area contributed by atoms with Crippen LogP contribution in [0.4, 0.5) is 0 Å². The standard InChI is InChI=1S/C17H26O2/c1-3-8-16(19-4-2)17(18)15-12-6-5-11-14(15)13-9-7-10-13/h5-6,11-13,16-18H,3-4,7-10H2,1-2H3. The lowest BCUT2D eigenvalue weighted by Crippen LogP contribution is -2.24. The molecular formula is C17H26O2. The Morgan fingerprint density at radius 1 is 1.26 bits per heavy atom. The number of aliphatic hydroxyl groups is 1. The third-order valence-electron chi connectivity index (χ3n) is 4.17. The minimum atomic E-state index is -0.489. The number of hydrogen-bond donors (Lipinski definition) is 1. The van der Waals surface area contributed by atoms with Crippen LogP contribution in [-0.2, 0) is 4.74 Å². The summed E-state index contributed by atoms with van der Waals surface area (Å²) in [5.41, 5.74) is 2.42. The highest BCUT2D eigenvalue weighted by Gasteiger charge is 2.27. The van der Waals surface area contributed by atoms with E-state index in [2.05, 4.69) is 25.1 Å². The van der Waals surface area contributed by atoms with Gasteiger partial charge in [0.15, 0.2) is 0 Å². The molecule has 0 amide bonds. The molecule has 2 heteroatoms. The molecule has 19 heavy (non-hydrogen) atoms. The molecule has 0 bridgehead atoms. The highest BCUT2D eigenvalue weighted by Crippen LogP contribution is 2.40. The zero-order valence-electron chi connectivity index (χ0n) is 12.1. The Morgan fingerprint density at radius 3 is 2.58 bits per heavy atom. The molecule has 0 aromatic heterocycles. The minimum absolute atomic E-state index is 0.0729. The minimum Gasteiger partial charge on any atom is -0.386 e. The highest BCUT2D eigenvalue weighted by molar-refractivity contribution is 5.34. The van der Waals surface area contributed by atoms with Gasteiger partial charge in [0.2, 0.25) is 0 Å². The lowest BCUT2D eigenvalue weighted by Gasteiger charge is -2.31. The second-order valence-electron chi connectivity index (χ2n) is 5.48. The van der Waals surface area contributed by atoms with E-state index in [1.807, 2.05) is 13.0 Å². The van der Waals surface area contributed by atoms with Gasteiger partial charge in [0.25, 0.3) is 0 Å². The van der Waals surface area contributed by atoms with Crippen molar-refractivity contribution in [3.63, 3.8) is 0 Å². The number of rotatable bonds is 7. The molecule has 1 aromatic rings. The molecule has 1 aliphatic rings. The monoisotopic (exact) mass is 262 g/mol. The van der Waals surface area contributed by atoms with Crippen molar-refractivity contribution in [3.05, 3.63) is 35.4 Å². The summed E-state index contributed by atoms with van der Waals surface area (Å²) < 4.78 is 5.73. The molecule has 0 heterocycles. The van der Waals surface area contributed by atoms with Crippen molar-refractivity contribution in [2.24, 2.45) is 0 Å². The molecule has 1 aliphatic carbocycles. The van der Waals surface area contributed by atoms with E-state index in [9.17, 15) is 5.11 Å². The van der Waals surface area contributed by atoms with Gasteiger partial charge in [-0.1, -0.05) is 44.0 Å². The van der Waals surface area contributed by atoms with E-state index >= 15 is 0 Å². The van der Waals surface area contributed by atoms with Gasteiger partial charge in [0.05, 0.1) is 6.10 Å². The first-order valence-corrected chi connectivity index (χ1v) is 7.66. The van der Waals surface area contributed by atoms with Crippen LogP contribution in [0, 0.1) is 0 Å². The maximum Gasteiger partial charge on any atom is 0.105 e. The van der Waals surface area contributed by atoms with Crippen molar-refractivity contribution >= 4 is 0 Å². The zero-order valence-corrected chi connectivity index (χ0v) is 12.1. The third-order valence-corrected chi connectivity index (χ3v) is 4.17. The zero-order chi connectivity index (χ0) is 13.7. The van der Waals surface area contributed by atoms with Crippen LogP contribution >= 0.6 is 0 Å². The third kappa shape index (κ3) is 3.37. The fraction of sp³-hybridized carbons (Fsp3) is 0.647. The molecule has 1 N–H and O–H groups in total. The van der Waals surface area contributed by atoms with E-state index in [0.717, 1.165) is 18.4 Å². The second-order valence-corrected chi connectivity index (χ2v) is 5.48. The molecule has 1 aromatic carbocycles. The summed E-state index contributed by atoms with van der Waals surface area (Å²) >= 11 is 0. The van der Waals surface area contributed by atoms with Crippen molar-refractivity contribution in [1.82, 2.24) is 0 Å². The largest absolute Gasteiger partial charge is 0.386 e. The quantitative estimate of drug-likeness (QED) is 0.798. The van der Waals surface area contributed by atoms with Gasteiger partial charge in [0.1, 0.15) is 6.10 Å². The van der Waals surface area contributed by atoms with E-state index in [1.165, 1.54) is 24.8 Å². The Kier molecular flexibility index (Phi) is 5.41. The first-order valence-electron chi connectivity index (χ1n) is 7.66. The van der Waals surface area contributed by atoms with E-state index in [1.54, 1.807) is 0 Å². The number of hydrogen-bond acceptors (Lipinski definition) is 2. The van der Waals surface area contributed by atoms with Crippen molar-refractivity contribution in [2.75, 3.05) is 6.61 Å². The molecule has 0 radical (unpaired) electrons. The fourth-order valence-corrected chi connectivity index (χ4v) is 2.90. The summed E-state index contributed by atoms with van der Waals surface area (Å²) in [5, 5.41) is 10.7. The van der Waals surface area contributed by atoms with Crippen molar-refractivity contribution < 1.29 is 9.84 Å². The van der Waals surface area contributed by atoms with Crippen LogP contribution in [0.25, 0.3) is 0 Å². The molecule has 0 spiro atoms. The molecule has 1 fully saturated rings.